The number of rotatable bonds is 5. The van der Waals surface area contributed by atoms with Gasteiger partial charge in [-0.2, -0.15) is 0 Å². The van der Waals surface area contributed by atoms with Crippen molar-refractivity contribution in [2.24, 2.45) is 7.05 Å². The van der Waals surface area contributed by atoms with Crippen molar-refractivity contribution in [2.75, 3.05) is 11.1 Å². The van der Waals surface area contributed by atoms with E-state index in [4.69, 9.17) is 11.6 Å². The Morgan fingerprint density at radius 2 is 2.07 bits per heavy atom. The highest BCUT2D eigenvalue weighted by Crippen LogP contribution is 2.28. The number of nitro benzene ring substituents is 1. The zero-order chi connectivity index (χ0) is 20.5. The van der Waals surface area contributed by atoms with Crippen LogP contribution in [-0.2, 0) is 11.8 Å². The van der Waals surface area contributed by atoms with Crippen molar-refractivity contribution in [1.29, 1.82) is 0 Å². The molecule has 0 spiro atoms. The van der Waals surface area contributed by atoms with Crippen molar-refractivity contribution >= 4 is 62.7 Å². The Hall–Kier alpha value is -3.24. The topological polar surface area (TPSA) is 116 Å². The van der Waals surface area contributed by atoms with Crippen molar-refractivity contribution in [2.45, 2.75) is 5.16 Å². The number of hydrogen-bond donors (Lipinski definition) is 1. The van der Waals surface area contributed by atoms with Crippen LogP contribution in [0.5, 0.6) is 0 Å². The lowest BCUT2D eigenvalue weighted by atomic mass is 10.2. The monoisotopic (exact) mass is 428 g/mol. The maximum atomic E-state index is 12.2. The Bertz CT molecular complexity index is 1280. The molecule has 2 aromatic heterocycles. The van der Waals surface area contributed by atoms with Crippen molar-refractivity contribution in [3.8, 4) is 0 Å². The highest BCUT2D eigenvalue weighted by atomic mass is 35.5. The number of hydrogen-bond acceptors (Lipinski definition) is 7. The van der Waals surface area contributed by atoms with Crippen LogP contribution >= 0.6 is 23.4 Å². The Balaban J connectivity index is 1.50. The minimum atomic E-state index is -0.556. The first-order valence-corrected chi connectivity index (χ1v) is 9.75. The molecular formula is C18H13ClN6O3S. The summed E-state index contributed by atoms with van der Waals surface area (Å²) in [6, 6.07) is 11.6. The number of nitrogens with one attached hydrogen (secondary N) is 1. The third-order valence-electron chi connectivity index (χ3n) is 4.25. The van der Waals surface area contributed by atoms with Gasteiger partial charge in [0.1, 0.15) is 5.52 Å². The molecule has 0 aliphatic carbocycles. The quantitative estimate of drug-likeness (QED) is 0.292. The molecule has 0 aliphatic heterocycles. The molecule has 0 fully saturated rings. The van der Waals surface area contributed by atoms with Gasteiger partial charge in [0.25, 0.3) is 5.69 Å². The van der Waals surface area contributed by atoms with Gasteiger partial charge in [0.05, 0.1) is 26.9 Å². The van der Waals surface area contributed by atoms with Gasteiger partial charge < -0.3 is 9.88 Å². The Labute approximate surface area is 173 Å². The number of carbonyl (C=O) groups is 1. The lowest BCUT2D eigenvalue weighted by molar-refractivity contribution is -0.384. The van der Waals surface area contributed by atoms with Gasteiger partial charge in [-0.1, -0.05) is 41.6 Å². The number of aromatic nitrogens is 4. The standard InChI is InChI=1S/C18H13ClN6O3S/c1-24-14-5-3-2-4-11(14)16-17(24)21-18(23-22-16)29-9-15(26)20-13-8-10(25(27)28)6-7-12(13)19/h2-8H,9H2,1H3,(H,20,26). The molecule has 1 amide bonds. The summed E-state index contributed by atoms with van der Waals surface area (Å²) in [4.78, 5) is 27.1. The largest absolute Gasteiger partial charge is 0.327 e. The highest BCUT2D eigenvalue weighted by molar-refractivity contribution is 7.99. The first kappa shape index (κ1) is 19.1. The van der Waals surface area contributed by atoms with E-state index in [1.807, 2.05) is 35.9 Å². The van der Waals surface area contributed by atoms with E-state index in [2.05, 4.69) is 20.5 Å². The molecule has 1 N–H and O–H groups in total. The Morgan fingerprint density at radius 1 is 1.28 bits per heavy atom. The molecule has 2 aromatic carbocycles. The van der Waals surface area contributed by atoms with Crippen LogP contribution < -0.4 is 5.32 Å². The van der Waals surface area contributed by atoms with Gasteiger partial charge in [-0.05, 0) is 12.1 Å². The maximum Gasteiger partial charge on any atom is 0.271 e. The molecule has 11 heteroatoms. The number of carbonyl (C=O) groups excluding carboxylic acids is 1. The number of benzene rings is 2. The third-order valence-corrected chi connectivity index (χ3v) is 5.42. The van der Waals surface area contributed by atoms with Crippen LogP contribution in [0.1, 0.15) is 0 Å². The minimum Gasteiger partial charge on any atom is -0.327 e. The number of halogens is 1. The van der Waals surface area contributed by atoms with Crippen molar-refractivity contribution in [1.82, 2.24) is 19.7 Å². The van der Waals surface area contributed by atoms with Crippen molar-refractivity contribution in [3.05, 3.63) is 57.6 Å². The van der Waals surface area contributed by atoms with Gasteiger partial charge in [-0.3, -0.25) is 14.9 Å². The molecule has 4 aromatic rings. The number of nitro groups is 1. The minimum absolute atomic E-state index is 0.00382. The fourth-order valence-corrected chi connectivity index (χ4v) is 3.64. The summed E-state index contributed by atoms with van der Waals surface area (Å²) in [5.41, 5.74) is 2.37. The molecule has 146 valence electrons. The van der Waals surface area contributed by atoms with Gasteiger partial charge in [-0.25, -0.2) is 4.98 Å². The van der Waals surface area contributed by atoms with Crippen LogP contribution in [0.2, 0.25) is 5.02 Å². The lowest BCUT2D eigenvalue weighted by Gasteiger charge is -2.06. The van der Waals surface area contributed by atoms with Crippen LogP contribution in [-0.4, -0.2) is 36.3 Å². The SMILES string of the molecule is Cn1c2ccccc2c2nnc(SCC(=O)Nc3cc([N+](=O)[O-])ccc3Cl)nc21. The molecule has 0 atom stereocenters. The zero-order valence-corrected chi connectivity index (χ0v) is 16.6. The second kappa shape index (κ2) is 7.64. The fraction of sp³-hybridized carbons (Fsp3) is 0.111. The summed E-state index contributed by atoms with van der Waals surface area (Å²) in [5, 5.41) is 23.3. The van der Waals surface area contributed by atoms with Crippen LogP contribution in [0.15, 0.2) is 47.6 Å². The predicted molar refractivity (Wildman–Crippen MR) is 111 cm³/mol. The normalized spacial score (nSPS) is 11.1. The molecule has 0 bridgehead atoms. The first-order chi connectivity index (χ1) is 13.9. The van der Waals surface area contributed by atoms with Gasteiger partial charge in [0.2, 0.25) is 11.1 Å². The number of non-ortho nitro benzene ring substituents is 1. The highest BCUT2D eigenvalue weighted by Gasteiger charge is 2.15. The number of thioether (sulfide) groups is 1. The van der Waals surface area contributed by atoms with Crippen LogP contribution in [0.3, 0.4) is 0 Å². The summed E-state index contributed by atoms with van der Waals surface area (Å²) >= 11 is 7.11. The summed E-state index contributed by atoms with van der Waals surface area (Å²) in [6.45, 7) is 0. The first-order valence-electron chi connectivity index (χ1n) is 8.38. The van der Waals surface area contributed by atoms with E-state index in [1.165, 1.54) is 18.2 Å². The van der Waals surface area contributed by atoms with E-state index >= 15 is 0 Å². The van der Waals surface area contributed by atoms with E-state index in [-0.39, 0.29) is 22.2 Å². The van der Waals surface area contributed by atoms with E-state index in [9.17, 15) is 14.9 Å². The number of nitrogens with zero attached hydrogens (tertiary/aromatic N) is 5. The number of fused-ring (bicyclic) bond motifs is 3. The van der Waals surface area contributed by atoms with Crippen LogP contribution in [0.25, 0.3) is 22.1 Å². The molecule has 0 radical (unpaired) electrons. The van der Waals surface area contributed by atoms with Crippen LogP contribution in [0.4, 0.5) is 11.4 Å². The summed E-state index contributed by atoms with van der Waals surface area (Å²) < 4.78 is 1.92. The van der Waals surface area contributed by atoms with Crippen LogP contribution in [0, 0.1) is 10.1 Å². The molecule has 0 aliphatic rings. The maximum absolute atomic E-state index is 12.2. The molecule has 4 rings (SSSR count). The molecule has 29 heavy (non-hydrogen) atoms. The van der Waals surface area contributed by atoms with Gasteiger partial charge in [0.15, 0.2) is 5.65 Å². The Morgan fingerprint density at radius 3 is 2.86 bits per heavy atom. The third kappa shape index (κ3) is 3.71. The summed E-state index contributed by atoms with van der Waals surface area (Å²) in [7, 11) is 1.89. The second-order valence-corrected chi connectivity index (χ2v) is 7.45. The second-order valence-electron chi connectivity index (χ2n) is 6.10. The van der Waals surface area contributed by atoms with Gasteiger partial charge >= 0.3 is 0 Å². The lowest BCUT2D eigenvalue weighted by Crippen LogP contribution is -2.15. The fourth-order valence-electron chi connectivity index (χ4n) is 2.89. The van der Waals surface area contributed by atoms with Gasteiger partial charge in [-0.15, -0.1) is 10.2 Å². The van der Waals surface area contributed by atoms with Crippen molar-refractivity contribution in [3.63, 3.8) is 0 Å². The van der Waals surface area contributed by atoms with E-state index in [1.54, 1.807) is 0 Å². The number of amides is 1. The molecule has 9 nitrogen and oxygen atoms in total. The number of anilines is 1. The summed E-state index contributed by atoms with van der Waals surface area (Å²) in [5.74, 6) is -0.394. The number of para-hydroxylation sites is 1. The molecule has 0 saturated carbocycles. The van der Waals surface area contributed by atoms with E-state index < -0.39 is 10.8 Å². The molecular weight excluding hydrogens is 416 g/mol. The molecule has 2 heterocycles. The molecule has 0 saturated heterocycles. The predicted octanol–water partition coefficient (Wildman–Crippen LogP) is 3.81. The Kier molecular flexibility index (Phi) is 5.03. The summed E-state index contributed by atoms with van der Waals surface area (Å²) in [6.07, 6.45) is 0. The number of aryl methyl sites for hydroxylation is 1. The smallest absolute Gasteiger partial charge is 0.271 e. The average Bonchev–Trinajstić information content (AvgIpc) is 3.00. The van der Waals surface area contributed by atoms with E-state index in [0.29, 0.717) is 16.3 Å². The molecule has 0 unspecified atom stereocenters. The van der Waals surface area contributed by atoms with Gasteiger partial charge in [0, 0.05) is 24.6 Å². The zero-order valence-electron chi connectivity index (χ0n) is 15.0. The van der Waals surface area contributed by atoms with E-state index in [0.717, 1.165) is 22.7 Å². The van der Waals surface area contributed by atoms with Crippen molar-refractivity contribution < 1.29 is 9.72 Å². The average molecular weight is 429 g/mol.